The first-order valence-electron chi connectivity index (χ1n) is 9.27. The van der Waals surface area contributed by atoms with E-state index in [1.807, 2.05) is 31.2 Å². The molecule has 6 heteroatoms. The Labute approximate surface area is 166 Å². The highest BCUT2D eigenvalue weighted by atomic mass is 16.7. The van der Waals surface area contributed by atoms with Crippen molar-refractivity contribution in [1.29, 1.82) is 0 Å². The van der Waals surface area contributed by atoms with Gasteiger partial charge in [0.15, 0.2) is 17.3 Å². The molecule has 1 heterocycles. The average molecular weight is 388 g/mol. The van der Waals surface area contributed by atoms with Gasteiger partial charge in [0.25, 0.3) is 0 Å². The molecule has 1 saturated heterocycles. The summed E-state index contributed by atoms with van der Waals surface area (Å²) in [7, 11) is 6.37. The average Bonchev–Trinajstić information content (AvgIpc) is 2.97. The third-order valence-corrected chi connectivity index (χ3v) is 5.95. The van der Waals surface area contributed by atoms with E-state index in [-0.39, 0.29) is 24.2 Å². The molecule has 4 unspecified atom stereocenters. The van der Waals surface area contributed by atoms with Crippen LogP contribution in [0.2, 0.25) is 0 Å². The van der Waals surface area contributed by atoms with Crippen LogP contribution in [0.3, 0.4) is 0 Å². The van der Waals surface area contributed by atoms with Gasteiger partial charge in [-0.2, -0.15) is 0 Å². The highest BCUT2D eigenvalue weighted by molar-refractivity contribution is 5.97. The number of benzene rings is 1. The molecule has 1 aromatic rings. The monoisotopic (exact) mass is 388 g/mol. The van der Waals surface area contributed by atoms with Crippen molar-refractivity contribution in [3.63, 3.8) is 0 Å². The summed E-state index contributed by atoms with van der Waals surface area (Å²) >= 11 is 0. The number of allylic oxidation sites excluding steroid dienone is 2. The lowest BCUT2D eigenvalue weighted by Gasteiger charge is -2.44. The second kappa shape index (κ2) is 7.70. The van der Waals surface area contributed by atoms with Crippen LogP contribution in [0.1, 0.15) is 31.4 Å². The summed E-state index contributed by atoms with van der Waals surface area (Å²) in [6.07, 6.45) is 3.81. The smallest absolute Gasteiger partial charge is 0.209 e. The summed E-state index contributed by atoms with van der Waals surface area (Å²) in [6, 6.07) is 5.66. The first-order valence-corrected chi connectivity index (χ1v) is 9.27. The van der Waals surface area contributed by atoms with Crippen LogP contribution in [0, 0.1) is 5.92 Å². The minimum atomic E-state index is -1.19. The van der Waals surface area contributed by atoms with Crippen LogP contribution in [0.15, 0.2) is 42.5 Å². The number of fused-ring (bicyclic) bond motifs is 1. The molecule has 0 aromatic heterocycles. The van der Waals surface area contributed by atoms with Crippen molar-refractivity contribution in [2.75, 3.05) is 28.4 Å². The summed E-state index contributed by atoms with van der Waals surface area (Å²) in [5, 5.41) is 0. The number of ketones is 1. The number of hydrogen-bond donors (Lipinski definition) is 0. The number of ether oxygens (including phenoxy) is 5. The second-order valence-corrected chi connectivity index (χ2v) is 7.16. The number of methoxy groups -OCH3 is 4. The van der Waals surface area contributed by atoms with Gasteiger partial charge in [0, 0.05) is 20.1 Å². The fraction of sp³-hybridized carbons (Fsp3) is 0.500. The van der Waals surface area contributed by atoms with Crippen molar-refractivity contribution in [1.82, 2.24) is 0 Å². The van der Waals surface area contributed by atoms with E-state index in [9.17, 15) is 4.79 Å². The van der Waals surface area contributed by atoms with Crippen molar-refractivity contribution < 1.29 is 28.5 Å². The maximum absolute atomic E-state index is 12.7. The fourth-order valence-electron chi connectivity index (χ4n) is 4.45. The molecule has 152 valence electrons. The zero-order valence-electron chi connectivity index (χ0n) is 17.1. The van der Waals surface area contributed by atoms with E-state index < -0.39 is 11.4 Å². The van der Waals surface area contributed by atoms with Gasteiger partial charge in [0.2, 0.25) is 5.79 Å². The van der Waals surface area contributed by atoms with Gasteiger partial charge in [-0.05, 0) is 35.8 Å². The third kappa shape index (κ3) is 2.87. The molecular weight excluding hydrogens is 360 g/mol. The van der Waals surface area contributed by atoms with E-state index in [0.29, 0.717) is 23.5 Å². The molecule has 2 aliphatic rings. The van der Waals surface area contributed by atoms with Crippen LogP contribution in [-0.2, 0) is 19.0 Å². The van der Waals surface area contributed by atoms with E-state index >= 15 is 0 Å². The van der Waals surface area contributed by atoms with E-state index in [1.165, 1.54) is 0 Å². The quantitative estimate of drug-likeness (QED) is 0.665. The zero-order chi connectivity index (χ0) is 20.5. The number of hydrogen-bond acceptors (Lipinski definition) is 6. The Morgan fingerprint density at radius 1 is 1.18 bits per heavy atom. The molecule has 4 atom stereocenters. The third-order valence-electron chi connectivity index (χ3n) is 5.95. The zero-order valence-corrected chi connectivity index (χ0v) is 17.1. The summed E-state index contributed by atoms with van der Waals surface area (Å²) < 4.78 is 29.0. The molecule has 1 aromatic carbocycles. The second-order valence-electron chi connectivity index (χ2n) is 7.16. The topological polar surface area (TPSA) is 63.2 Å². The molecule has 0 spiro atoms. The number of rotatable bonds is 7. The van der Waals surface area contributed by atoms with Crippen LogP contribution < -0.4 is 9.47 Å². The lowest BCUT2D eigenvalue weighted by Crippen LogP contribution is -2.58. The van der Waals surface area contributed by atoms with Gasteiger partial charge in [-0.1, -0.05) is 19.1 Å². The fourth-order valence-corrected chi connectivity index (χ4v) is 4.45. The van der Waals surface area contributed by atoms with Crippen molar-refractivity contribution >= 4 is 5.78 Å². The molecular formula is C22H28O6. The molecule has 28 heavy (non-hydrogen) atoms. The molecule has 0 radical (unpaired) electrons. The standard InChI is InChI=1S/C22H28O6/c1-7-8-16-12-21(26-5)14(2)20(28-22(21,27-6)13-17(16)23)15-9-10-18(24-3)19(11-15)25-4/h7,9-12,14,20H,1,8,13H2,2-6H3. The van der Waals surface area contributed by atoms with Gasteiger partial charge in [0.05, 0.1) is 26.7 Å². The Morgan fingerprint density at radius 2 is 1.89 bits per heavy atom. The van der Waals surface area contributed by atoms with E-state index in [0.717, 1.165) is 5.56 Å². The number of carbonyl (C=O) groups excluding carboxylic acids is 1. The molecule has 1 aliphatic carbocycles. The normalized spacial score (nSPS) is 31.9. The van der Waals surface area contributed by atoms with Gasteiger partial charge in [-0.15, -0.1) is 6.58 Å². The summed E-state index contributed by atoms with van der Waals surface area (Å²) in [5.74, 6) is -0.0815. The number of carbonyl (C=O) groups is 1. The number of Topliss-reactive ketones (excluding diaryl/α,β-unsaturated/α-hetero) is 1. The molecule has 6 nitrogen and oxygen atoms in total. The molecule has 0 saturated carbocycles. The Hall–Kier alpha value is -2.15. The van der Waals surface area contributed by atoms with Gasteiger partial charge < -0.3 is 23.7 Å². The maximum atomic E-state index is 12.7. The largest absolute Gasteiger partial charge is 0.493 e. The summed E-state index contributed by atoms with van der Waals surface area (Å²) in [4.78, 5) is 12.7. The van der Waals surface area contributed by atoms with Gasteiger partial charge in [-0.25, -0.2) is 0 Å². The predicted molar refractivity (Wildman–Crippen MR) is 105 cm³/mol. The van der Waals surface area contributed by atoms with Gasteiger partial charge in [0.1, 0.15) is 5.60 Å². The molecule has 0 amide bonds. The SMILES string of the molecule is C=CCC1=CC2(OC)C(C)C(c3ccc(OC)c(OC)c3)OC2(OC)CC1=O. The Balaban J connectivity index is 2.10. The lowest BCUT2D eigenvalue weighted by molar-refractivity contribution is -0.274. The molecule has 0 bridgehead atoms. The van der Waals surface area contributed by atoms with Crippen molar-refractivity contribution in [3.05, 3.63) is 48.1 Å². The van der Waals surface area contributed by atoms with E-state index in [1.54, 1.807) is 34.5 Å². The van der Waals surface area contributed by atoms with Gasteiger partial charge >= 0.3 is 0 Å². The lowest BCUT2D eigenvalue weighted by atomic mass is 9.72. The highest BCUT2D eigenvalue weighted by Gasteiger charge is 2.67. The van der Waals surface area contributed by atoms with E-state index in [4.69, 9.17) is 23.7 Å². The Morgan fingerprint density at radius 3 is 2.46 bits per heavy atom. The first kappa shape index (κ1) is 20.6. The molecule has 1 fully saturated rings. The Bertz CT molecular complexity index is 800. The predicted octanol–water partition coefficient (Wildman–Crippen LogP) is 3.61. The van der Waals surface area contributed by atoms with Crippen LogP contribution in [0.5, 0.6) is 11.5 Å². The van der Waals surface area contributed by atoms with Crippen molar-refractivity contribution in [2.24, 2.45) is 5.92 Å². The molecule has 0 N–H and O–H groups in total. The summed E-state index contributed by atoms with van der Waals surface area (Å²) in [5.41, 5.74) is 0.678. The minimum Gasteiger partial charge on any atom is -0.493 e. The molecule has 1 aliphatic heterocycles. The van der Waals surface area contributed by atoms with Crippen molar-refractivity contribution in [3.8, 4) is 11.5 Å². The van der Waals surface area contributed by atoms with Gasteiger partial charge in [-0.3, -0.25) is 4.79 Å². The van der Waals surface area contributed by atoms with Crippen LogP contribution in [0.25, 0.3) is 0 Å². The summed E-state index contributed by atoms with van der Waals surface area (Å²) in [6.45, 7) is 5.80. The minimum absolute atomic E-state index is 0.0189. The molecule has 3 rings (SSSR count). The maximum Gasteiger partial charge on any atom is 0.209 e. The van der Waals surface area contributed by atoms with E-state index in [2.05, 4.69) is 6.58 Å². The first-order chi connectivity index (χ1) is 13.4. The van der Waals surface area contributed by atoms with Crippen LogP contribution >= 0.6 is 0 Å². The van der Waals surface area contributed by atoms with Crippen LogP contribution in [0.4, 0.5) is 0 Å². The Kier molecular flexibility index (Phi) is 5.66. The van der Waals surface area contributed by atoms with Crippen molar-refractivity contribution in [2.45, 2.75) is 37.3 Å². The van der Waals surface area contributed by atoms with Crippen LogP contribution in [-0.4, -0.2) is 45.6 Å². The highest BCUT2D eigenvalue weighted by Crippen LogP contribution is 2.57.